The molecule has 0 saturated heterocycles. The van der Waals surface area contributed by atoms with E-state index in [4.69, 9.17) is 10.5 Å². The lowest BCUT2D eigenvalue weighted by molar-refractivity contribution is 0.416. The van der Waals surface area contributed by atoms with Crippen molar-refractivity contribution >= 4 is 11.6 Å². The highest BCUT2D eigenvalue weighted by atomic mass is 16.5. The molecule has 0 atom stereocenters. The molecule has 0 saturated carbocycles. The lowest BCUT2D eigenvalue weighted by Gasteiger charge is -2.10. The summed E-state index contributed by atoms with van der Waals surface area (Å²) in [5.41, 5.74) is 8.95. The molecule has 2 N–H and O–H groups in total. The molecule has 0 aliphatic carbocycles. The van der Waals surface area contributed by atoms with Crippen molar-refractivity contribution in [1.29, 1.82) is 0 Å². The van der Waals surface area contributed by atoms with E-state index in [1.54, 1.807) is 23.9 Å². The van der Waals surface area contributed by atoms with E-state index in [0.29, 0.717) is 11.6 Å². The molecule has 1 aromatic carbocycles. The number of aromatic nitrogens is 3. The summed E-state index contributed by atoms with van der Waals surface area (Å²) in [6, 6.07) is 6.03. The van der Waals surface area contributed by atoms with Crippen LogP contribution in [0.3, 0.4) is 0 Å². The first-order valence-corrected chi connectivity index (χ1v) is 5.92. The Balaban J connectivity index is 2.23. The highest BCUT2D eigenvalue weighted by Crippen LogP contribution is 2.30. The second-order valence-electron chi connectivity index (χ2n) is 4.40. The molecule has 96 valence electrons. The van der Waals surface area contributed by atoms with Gasteiger partial charge in [0.2, 0.25) is 5.78 Å². The van der Waals surface area contributed by atoms with Gasteiger partial charge in [-0.05, 0) is 19.1 Å². The van der Waals surface area contributed by atoms with E-state index in [-0.39, 0.29) is 0 Å². The van der Waals surface area contributed by atoms with E-state index in [1.165, 1.54) is 0 Å². The molecular weight excluding hydrogens is 240 g/mol. The summed E-state index contributed by atoms with van der Waals surface area (Å²) in [5.74, 6) is 1.97. The zero-order chi connectivity index (χ0) is 13.4. The number of fused-ring (bicyclic) bond motifs is 1. The molecule has 0 unspecified atom stereocenters. The number of nitrogens with zero attached hydrogens (tertiary/aromatic N) is 3. The fourth-order valence-electron chi connectivity index (χ4n) is 2.08. The topological polar surface area (TPSA) is 65.4 Å². The first-order chi connectivity index (χ1) is 9.19. The van der Waals surface area contributed by atoms with Crippen LogP contribution in [0.5, 0.6) is 5.75 Å². The molecule has 3 rings (SSSR count). The number of methoxy groups -OCH3 is 1. The van der Waals surface area contributed by atoms with E-state index in [1.807, 2.05) is 25.3 Å². The first kappa shape index (κ1) is 11.5. The van der Waals surface area contributed by atoms with Crippen LogP contribution in [-0.4, -0.2) is 21.5 Å². The van der Waals surface area contributed by atoms with Gasteiger partial charge < -0.3 is 10.5 Å². The van der Waals surface area contributed by atoms with Gasteiger partial charge in [0.15, 0.2) is 0 Å². The van der Waals surface area contributed by atoms with Gasteiger partial charge in [-0.2, -0.15) is 0 Å². The zero-order valence-corrected chi connectivity index (χ0v) is 10.8. The second-order valence-corrected chi connectivity index (χ2v) is 4.40. The number of benzene rings is 1. The summed E-state index contributed by atoms with van der Waals surface area (Å²) in [4.78, 5) is 8.41. The molecule has 19 heavy (non-hydrogen) atoms. The first-order valence-electron chi connectivity index (χ1n) is 5.92. The van der Waals surface area contributed by atoms with E-state index in [9.17, 15) is 0 Å². The van der Waals surface area contributed by atoms with Crippen molar-refractivity contribution in [2.75, 3.05) is 12.8 Å². The molecule has 3 aromatic rings. The molecule has 2 heterocycles. The van der Waals surface area contributed by atoms with Crippen LogP contribution in [0.1, 0.15) is 5.56 Å². The molecule has 2 aromatic heterocycles. The number of imidazole rings is 1. The number of anilines is 1. The number of ether oxygens (including phenoxy) is 1. The lowest BCUT2D eigenvalue weighted by atomic mass is 10.1. The fraction of sp³-hybridized carbons (Fsp3) is 0.143. The molecule has 0 amide bonds. The molecule has 0 spiro atoms. The smallest absolute Gasteiger partial charge is 0.235 e. The second kappa shape index (κ2) is 4.28. The fourth-order valence-corrected chi connectivity index (χ4v) is 2.08. The average Bonchev–Trinajstić information content (AvgIpc) is 2.80. The number of nitrogen functional groups attached to an aromatic ring is 1. The number of nitrogens with two attached hydrogens (primary N) is 1. The largest absolute Gasteiger partial charge is 0.496 e. The minimum atomic E-state index is 0.566. The van der Waals surface area contributed by atoms with Crippen LogP contribution in [0.4, 0.5) is 5.82 Å². The summed E-state index contributed by atoms with van der Waals surface area (Å²) < 4.78 is 7.16. The standard InChI is InChI=1S/C14H14N4O/c1-9-3-4-12(19-2)11(5-9)10-6-16-14-17-7-13(15)18(14)8-10/h3-8H,15H2,1-2H3. The zero-order valence-electron chi connectivity index (χ0n) is 10.8. The maximum absolute atomic E-state index is 5.85. The van der Waals surface area contributed by atoms with Gasteiger partial charge >= 0.3 is 0 Å². The lowest BCUT2D eigenvalue weighted by Crippen LogP contribution is -1.96. The normalized spacial score (nSPS) is 10.8. The van der Waals surface area contributed by atoms with Gasteiger partial charge in [0.1, 0.15) is 11.6 Å². The minimum absolute atomic E-state index is 0.566. The maximum atomic E-state index is 5.85. The molecular formula is C14H14N4O. The highest BCUT2D eigenvalue weighted by molar-refractivity contribution is 5.71. The third-order valence-corrected chi connectivity index (χ3v) is 3.06. The van der Waals surface area contributed by atoms with Crippen LogP contribution in [0.15, 0.2) is 36.8 Å². The average molecular weight is 254 g/mol. The number of hydrogen-bond acceptors (Lipinski definition) is 4. The van der Waals surface area contributed by atoms with Gasteiger partial charge in [-0.15, -0.1) is 0 Å². The molecule has 0 fully saturated rings. The SMILES string of the molecule is COc1ccc(C)cc1-c1cnc2ncc(N)n2c1. The summed E-state index contributed by atoms with van der Waals surface area (Å²) in [6.07, 6.45) is 5.29. The quantitative estimate of drug-likeness (QED) is 0.762. The van der Waals surface area contributed by atoms with Crippen molar-refractivity contribution in [1.82, 2.24) is 14.4 Å². The Hall–Kier alpha value is -2.56. The monoisotopic (exact) mass is 254 g/mol. The van der Waals surface area contributed by atoms with Gasteiger partial charge in [-0.25, -0.2) is 9.97 Å². The predicted molar refractivity (Wildman–Crippen MR) is 74.1 cm³/mol. The van der Waals surface area contributed by atoms with Crippen molar-refractivity contribution in [2.24, 2.45) is 0 Å². The summed E-state index contributed by atoms with van der Waals surface area (Å²) in [6.45, 7) is 2.04. The van der Waals surface area contributed by atoms with Crippen LogP contribution >= 0.6 is 0 Å². The van der Waals surface area contributed by atoms with Crippen LogP contribution in [0.25, 0.3) is 16.9 Å². The van der Waals surface area contributed by atoms with Gasteiger partial charge in [0.25, 0.3) is 0 Å². The van der Waals surface area contributed by atoms with Crippen LogP contribution in [0, 0.1) is 6.92 Å². The Morgan fingerprint density at radius 3 is 2.79 bits per heavy atom. The Kier molecular flexibility index (Phi) is 2.59. The van der Waals surface area contributed by atoms with Crippen LogP contribution < -0.4 is 10.5 Å². The molecule has 0 radical (unpaired) electrons. The molecule has 0 aliphatic rings. The third kappa shape index (κ3) is 1.89. The van der Waals surface area contributed by atoms with Crippen molar-refractivity contribution < 1.29 is 4.74 Å². The number of aryl methyl sites for hydroxylation is 1. The Labute approximate surface area is 110 Å². The van der Waals surface area contributed by atoms with E-state index in [2.05, 4.69) is 16.0 Å². The van der Waals surface area contributed by atoms with Gasteiger partial charge in [-0.3, -0.25) is 4.40 Å². The summed E-state index contributed by atoms with van der Waals surface area (Å²) in [7, 11) is 1.66. The summed E-state index contributed by atoms with van der Waals surface area (Å²) >= 11 is 0. The summed E-state index contributed by atoms with van der Waals surface area (Å²) in [5, 5.41) is 0. The van der Waals surface area contributed by atoms with Crippen LogP contribution in [0.2, 0.25) is 0 Å². The van der Waals surface area contributed by atoms with E-state index >= 15 is 0 Å². The van der Waals surface area contributed by atoms with Gasteiger partial charge in [0.05, 0.1) is 13.3 Å². The third-order valence-electron chi connectivity index (χ3n) is 3.06. The molecule has 0 aliphatic heterocycles. The molecule has 0 bridgehead atoms. The maximum Gasteiger partial charge on any atom is 0.235 e. The van der Waals surface area contributed by atoms with Crippen molar-refractivity contribution in [2.45, 2.75) is 6.92 Å². The van der Waals surface area contributed by atoms with Gasteiger partial charge in [-0.1, -0.05) is 11.6 Å². The van der Waals surface area contributed by atoms with Gasteiger partial charge in [0, 0.05) is 23.5 Å². The minimum Gasteiger partial charge on any atom is -0.496 e. The van der Waals surface area contributed by atoms with Crippen LogP contribution in [-0.2, 0) is 0 Å². The Morgan fingerprint density at radius 1 is 1.21 bits per heavy atom. The van der Waals surface area contributed by atoms with E-state index < -0.39 is 0 Å². The van der Waals surface area contributed by atoms with Crippen molar-refractivity contribution in [3.8, 4) is 16.9 Å². The van der Waals surface area contributed by atoms with Crippen molar-refractivity contribution in [3.63, 3.8) is 0 Å². The van der Waals surface area contributed by atoms with Crippen molar-refractivity contribution in [3.05, 3.63) is 42.4 Å². The van der Waals surface area contributed by atoms with E-state index in [0.717, 1.165) is 22.4 Å². The predicted octanol–water partition coefficient (Wildman–Crippen LogP) is 2.30. The molecule has 5 heteroatoms. The Bertz CT molecular complexity index is 748. The Morgan fingerprint density at radius 2 is 2.00 bits per heavy atom. The highest BCUT2D eigenvalue weighted by Gasteiger charge is 2.09. The molecule has 5 nitrogen and oxygen atoms in total. The number of hydrogen-bond donors (Lipinski definition) is 1. The number of rotatable bonds is 2.